The monoisotopic (exact) mass is 408 g/mol. The van der Waals surface area contributed by atoms with Crippen molar-refractivity contribution < 1.29 is 17.9 Å². The molecule has 0 saturated heterocycles. The SMILES string of the molecule is NS(=O)(=O)c1ccc(NC(=O)COc2cc(Cl)c(Cl)cc2Cl)cc1. The highest BCUT2D eigenvalue weighted by Gasteiger charge is 2.11. The zero-order chi connectivity index (χ0) is 17.9. The van der Waals surface area contributed by atoms with Crippen LogP contribution in [0.15, 0.2) is 41.3 Å². The third-order valence-electron chi connectivity index (χ3n) is 2.80. The van der Waals surface area contributed by atoms with E-state index in [0.29, 0.717) is 5.69 Å². The fourth-order valence-corrected chi connectivity index (χ4v) is 2.79. The molecule has 24 heavy (non-hydrogen) atoms. The first-order chi connectivity index (χ1) is 11.2. The molecule has 1 amide bonds. The smallest absolute Gasteiger partial charge is 0.262 e. The second kappa shape index (κ2) is 7.58. The Bertz CT molecular complexity index is 870. The predicted octanol–water partition coefficient (Wildman–Crippen LogP) is 3.31. The molecule has 0 fully saturated rings. The number of carbonyl (C=O) groups excluding carboxylic acids is 1. The Labute approximate surface area is 153 Å². The molecule has 2 rings (SSSR count). The van der Waals surface area contributed by atoms with Crippen LogP contribution in [-0.2, 0) is 14.8 Å². The minimum atomic E-state index is -3.78. The Morgan fingerprint density at radius 3 is 2.21 bits per heavy atom. The Morgan fingerprint density at radius 1 is 1.04 bits per heavy atom. The van der Waals surface area contributed by atoms with Crippen LogP contribution in [0.1, 0.15) is 0 Å². The molecule has 0 aliphatic carbocycles. The molecule has 0 aromatic heterocycles. The average Bonchev–Trinajstić information content (AvgIpc) is 2.49. The van der Waals surface area contributed by atoms with Gasteiger partial charge in [0, 0.05) is 11.8 Å². The highest BCUT2D eigenvalue weighted by molar-refractivity contribution is 7.89. The normalized spacial score (nSPS) is 11.2. The Balaban J connectivity index is 1.98. The standard InChI is InChI=1S/C14H11Cl3N2O4S/c15-10-5-12(17)13(6-11(10)16)23-7-14(20)19-8-1-3-9(4-2-8)24(18,21)22/h1-6H,7H2,(H,19,20)(H2,18,21,22). The predicted molar refractivity (Wildman–Crippen MR) is 93.4 cm³/mol. The molecule has 0 saturated carbocycles. The van der Waals surface area contributed by atoms with Crippen molar-refractivity contribution in [3.8, 4) is 5.75 Å². The highest BCUT2D eigenvalue weighted by Crippen LogP contribution is 2.33. The Hall–Kier alpha value is -1.51. The fourth-order valence-electron chi connectivity index (χ4n) is 1.68. The van der Waals surface area contributed by atoms with Gasteiger partial charge in [0.05, 0.1) is 20.0 Å². The van der Waals surface area contributed by atoms with E-state index in [1.165, 1.54) is 36.4 Å². The summed E-state index contributed by atoms with van der Waals surface area (Å²) in [6, 6.07) is 8.18. The summed E-state index contributed by atoms with van der Waals surface area (Å²) in [6.45, 7) is -0.325. The average molecular weight is 410 g/mol. The first kappa shape index (κ1) is 18.8. The van der Waals surface area contributed by atoms with Gasteiger partial charge in [0.2, 0.25) is 10.0 Å². The van der Waals surface area contributed by atoms with E-state index in [1.807, 2.05) is 0 Å². The lowest BCUT2D eigenvalue weighted by atomic mass is 10.3. The molecule has 2 aromatic rings. The molecule has 2 aromatic carbocycles. The number of rotatable bonds is 5. The maximum atomic E-state index is 11.8. The highest BCUT2D eigenvalue weighted by atomic mass is 35.5. The maximum absolute atomic E-state index is 11.8. The van der Waals surface area contributed by atoms with E-state index in [4.69, 9.17) is 44.7 Å². The number of benzene rings is 2. The Morgan fingerprint density at radius 2 is 1.62 bits per heavy atom. The quantitative estimate of drug-likeness (QED) is 0.740. The summed E-state index contributed by atoms with van der Waals surface area (Å²) in [7, 11) is -3.78. The van der Waals surface area contributed by atoms with E-state index in [2.05, 4.69) is 5.32 Å². The molecule has 6 nitrogen and oxygen atoms in total. The molecule has 0 heterocycles. The first-order valence-electron chi connectivity index (χ1n) is 6.37. The molecule has 10 heteroatoms. The van der Waals surface area contributed by atoms with Crippen LogP contribution in [0.5, 0.6) is 5.75 Å². The van der Waals surface area contributed by atoms with Gasteiger partial charge in [0.25, 0.3) is 5.91 Å². The Kier molecular flexibility index (Phi) is 5.95. The lowest BCUT2D eigenvalue weighted by Gasteiger charge is -2.10. The van der Waals surface area contributed by atoms with Crippen LogP contribution in [0.4, 0.5) is 5.69 Å². The van der Waals surface area contributed by atoms with Crippen molar-refractivity contribution in [2.45, 2.75) is 4.90 Å². The number of hydrogen-bond donors (Lipinski definition) is 2. The number of carbonyl (C=O) groups is 1. The number of amides is 1. The summed E-state index contributed by atoms with van der Waals surface area (Å²) >= 11 is 17.6. The van der Waals surface area contributed by atoms with E-state index in [9.17, 15) is 13.2 Å². The minimum Gasteiger partial charge on any atom is -0.482 e. The molecule has 128 valence electrons. The van der Waals surface area contributed by atoms with Crippen molar-refractivity contribution in [3.63, 3.8) is 0 Å². The summed E-state index contributed by atoms with van der Waals surface area (Å²) in [5.41, 5.74) is 0.385. The van der Waals surface area contributed by atoms with E-state index in [1.54, 1.807) is 0 Å². The number of halogens is 3. The van der Waals surface area contributed by atoms with Gasteiger partial charge in [-0.2, -0.15) is 0 Å². The molecule has 0 spiro atoms. The van der Waals surface area contributed by atoms with Gasteiger partial charge in [-0.05, 0) is 30.3 Å². The lowest BCUT2D eigenvalue weighted by molar-refractivity contribution is -0.118. The third kappa shape index (κ3) is 4.99. The summed E-state index contributed by atoms with van der Waals surface area (Å²) in [6.07, 6.45) is 0. The summed E-state index contributed by atoms with van der Waals surface area (Å²) in [4.78, 5) is 11.8. The van der Waals surface area contributed by atoms with E-state index < -0.39 is 15.9 Å². The van der Waals surface area contributed by atoms with Gasteiger partial charge < -0.3 is 10.1 Å². The van der Waals surface area contributed by atoms with Crippen molar-refractivity contribution in [2.24, 2.45) is 5.14 Å². The number of hydrogen-bond acceptors (Lipinski definition) is 4. The molecule has 0 aliphatic rings. The molecule has 3 N–H and O–H groups in total. The van der Waals surface area contributed by atoms with Crippen LogP contribution in [0, 0.1) is 0 Å². The van der Waals surface area contributed by atoms with Crippen LogP contribution in [0.2, 0.25) is 15.1 Å². The lowest BCUT2D eigenvalue weighted by Crippen LogP contribution is -2.20. The van der Waals surface area contributed by atoms with Gasteiger partial charge in [-0.1, -0.05) is 34.8 Å². The van der Waals surface area contributed by atoms with Gasteiger partial charge >= 0.3 is 0 Å². The van der Waals surface area contributed by atoms with Crippen molar-refractivity contribution in [1.82, 2.24) is 0 Å². The first-order valence-corrected chi connectivity index (χ1v) is 9.05. The molecule has 0 atom stereocenters. The second-order valence-electron chi connectivity index (χ2n) is 4.60. The zero-order valence-corrected chi connectivity index (χ0v) is 15.0. The van der Waals surface area contributed by atoms with Crippen LogP contribution in [0.25, 0.3) is 0 Å². The van der Waals surface area contributed by atoms with Crippen LogP contribution in [0.3, 0.4) is 0 Å². The molecular weight excluding hydrogens is 399 g/mol. The van der Waals surface area contributed by atoms with Gasteiger partial charge in [-0.3, -0.25) is 4.79 Å². The molecule has 0 aliphatic heterocycles. The van der Waals surface area contributed by atoms with E-state index >= 15 is 0 Å². The second-order valence-corrected chi connectivity index (χ2v) is 7.39. The molecule has 0 unspecified atom stereocenters. The number of anilines is 1. The minimum absolute atomic E-state index is 0.0562. The van der Waals surface area contributed by atoms with Gasteiger partial charge in [-0.25, -0.2) is 13.6 Å². The van der Waals surface area contributed by atoms with Gasteiger partial charge in [0.15, 0.2) is 6.61 Å². The van der Waals surface area contributed by atoms with Gasteiger partial charge in [0.1, 0.15) is 5.75 Å². The van der Waals surface area contributed by atoms with Crippen molar-refractivity contribution in [2.75, 3.05) is 11.9 Å². The number of nitrogens with two attached hydrogens (primary N) is 1. The van der Waals surface area contributed by atoms with Crippen LogP contribution < -0.4 is 15.2 Å². The van der Waals surface area contributed by atoms with E-state index in [0.717, 1.165) is 0 Å². The summed E-state index contributed by atoms with van der Waals surface area (Å²) in [5, 5.41) is 8.26. The largest absolute Gasteiger partial charge is 0.482 e. The topological polar surface area (TPSA) is 98.5 Å². The number of nitrogens with one attached hydrogen (secondary N) is 1. The maximum Gasteiger partial charge on any atom is 0.262 e. The molecule has 0 bridgehead atoms. The fraction of sp³-hybridized carbons (Fsp3) is 0.0714. The van der Waals surface area contributed by atoms with Crippen molar-refractivity contribution in [3.05, 3.63) is 51.5 Å². The zero-order valence-electron chi connectivity index (χ0n) is 11.9. The molecular formula is C14H11Cl3N2O4S. The molecule has 0 radical (unpaired) electrons. The van der Waals surface area contributed by atoms with Crippen molar-refractivity contribution in [1.29, 1.82) is 0 Å². The van der Waals surface area contributed by atoms with Gasteiger partial charge in [-0.15, -0.1) is 0 Å². The number of primary sulfonamides is 1. The summed E-state index contributed by atoms with van der Waals surface area (Å²) < 4.78 is 27.6. The van der Waals surface area contributed by atoms with Crippen LogP contribution in [-0.4, -0.2) is 20.9 Å². The van der Waals surface area contributed by atoms with Crippen LogP contribution >= 0.6 is 34.8 Å². The summed E-state index contributed by atoms with van der Waals surface area (Å²) in [5.74, 6) is -0.258. The van der Waals surface area contributed by atoms with Crippen molar-refractivity contribution >= 4 is 56.4 Å². The van der Waals surface area contributed by atoms with E-state index in [-0.39, 0.29) is 32.3 Å². The number of ether oxygens (including phenoxy) is 1. The number of sulfonamides is 1. The third-order valence-corrected chi connectivity index (χ3v) is 4.75.